The van der Waals surface area contributed by atoms with Crippen molar-refractivity contribution in [3.05, 3.63) is 29.8 Å². The van der Waals surface area contributed by atoms with Gasteiger partial charge in [0.25, 0.3) is 0 Å². The third kappa shape index (κ3) is 12.3. The molecule has 0 radical (unpaired) electrons. The van der Waals surface area contributed by atoms with Gasteiger partial charge >= 0.3 is 23.9 Å². The number of carboxylic acids is 4. The van der Waals surface area contributed by atoms with Crippen LogP contribution < -0.4 is 27.0 Å². The van der Waals surface area contributed by atoms with Crippen molar-refractivity contribution in [3.63, 3.8) is 0 Å². The van der Waals surface area contributed by atoms with Gasteiger partial charge in [-0.25, -0.2) is 4.79 Å². The zero-order valence-corrected chi connectivity index (χ0v) is 40.5. The average molecular weight is 926 g/mol. The Morgan fingerprint density at radius 3 is 2.03 bits per heavy atom. The van der Waals surface area contributed by atoms with Crippen LogP contribution in [0.5, 0.6) is 5.75 Å². The number of hydrogen-bond donors (Lipinski definition) is 10. The molecule has 0 aromatic heterocycles. The van der Waals surface area contributed by atoms with Crippen molar-refractivity contribution in [3.8, 4) is 5.75 Å². The van der Waals surface area contributed by atoms with Crippen LogP contribution in [0.1, 0.15) is 150 Å². The first-order valence-electron chi connectivity index (χ1n) is 25.2. The number of carboxylic acid groups (broad SMARTS) is 4. The zero-order chi connectivity index (χ0) is 48.5. The van der Waals surface area contributed by atoms with Crippen molar-refractivity contribution < 1.29 is 49.5 Å². The maximum atomic E-state index is 13.3. The number of carbonyl (C=O) groups is 5. The third-order valence-corrected chi connectivity index (χ3v) is 17.6. The highest BCUT2D eigenvalue weighted by molar-refractivity contribution is 5.83. The number of fused-ring (bicyclic) bond motifs is 5. The monoisotopic (exact) mass is 926 g/mol. The largest absolute Gasteiger partial charge is 0.508 e. The standard InChI is InChI=1S/C51H83N5O10/c1-7-9-12-39(47(61)62)55-43(58)21-14-30(4)35-19-20-36-44-37(28-42(51(35,36)6)56-45(49(65)66)29(3)8-2)50(5)23-22-33(53-41(48(63)64)25-31-15-17-34(57)18-16-31)26-32(50)27-40(44)54-38(46(59)60)13-10-11-24-52/h15-18,29-30,32-33,35-42,44-45,53-54,56-57H,7-14,19-28,52H2,1-6H3,(H,55,58)(H,59,60)(H,61,62)(H,63,64)(H,65,66)/t29?,30-,32?,33?,35?,36?,37?,38?,39?,40?,41?,42?,44?,45?,50+,51-/m1/s1. The lowest BCUT2D eigenvalue weighted by molar-refractivity contribution is -0.156. The molecule has 0 saturated heterocycles. The fourth-order valence-corrected chi connectivity index (χ4v) is 13.6. The highest BCUT2D eigenvalue weighted by atomic mass is 16.4. The van der Waals surface area contributed by atoms with E-state index in [1.807, 2.05) is 20.8 Å². The molecule has 1 aromatic rings. The van der Waals surface area contributed by atoms with Gasteiger partial charge in [-0.3, -0.25) is 19.2 Å². The Kier molecular flexibility index (Phi) is 18.9. The van der Waals surface area contributed by atoms with E-state index in [9.17, 15) is 49.5 Å². The van der Waals surface area contributed by atoms with Crippen molar-refractivity contribution in [1.29, 1.82) is 0 Å². The van der Waals surface area contributed by atoms with Crippen molar-refractivity contribution in [2.75, 3.05) is 6.54 Å². The minimum Gasteiger partial charge on any atom is -0.508 e. The number of aliphatic carboxylic acids is 4. The SMILES string of the molecule is CCCCC(NC(=O)CC[C@@H](C)C1CCC2C3C(NC(CCCCN)C(=O)O)CC4CC(NC(Cc5ccc(O)cc5)C(=O)O)CC[C@]4(C)C3CC(NC(C(=O)O)C(C)CC)[C@@]21C)C(=O)O. The van der Waals surface area contributed by atoms with Gasteiger partial charge in [0.1, 0.15) is 29.9 Å². The summed E-state index contributed by atoms with van der Waals surface area (Å²) in [5, 5.41) is 65.2. The number of phenols is 1. The zero-order valence-electron chi connectivity index (χ0n) is 40.5. The summed E-state index contributed by atoms with van der Waals surface area (Å²) in [5.41, 5.74) is 6.05. The molecule has 4 aliphatic carbocycles. The van der Waals surface area contributed by atoms with E-state index in [4.69, 9.17) is 5.73 Å². The second kappa shape index (κ2) is 23.5. The summed E-state index contributed by atoms with van der Waals surface area (Å²) in [6.45, 7) is 13.3. The molecule has 15 heteroatoms. The van der Waals surface area contributed by atoms with Gasteiger partial charge in [0.05, 0.1) is 0 Å². The molecule has 1 aromatic carbocycles. The van der Waals surface area contributed by atoms with Crippen LogP contribution in [-0.4, -0.2) is 104 Å². The Balaban J connectivity index is 1.50. The van der Waals surface area contributed by atoms with E-state index in [0.29, 0.717) is 57.9 Å². The Hall–Kier alpha value is -3.79. The van der Waals surface area contributed by atoms with Crippen molar-refractivity contribution in [2.45, 2.75) is 193 Å². The minimum atomic E-state index is -1.04. The smallest absolute Gasteiger partial charge is 0.326 e. The lowest BCUT2D eigenvalue weighted by Gasteiger charge is -2.66. The van der Waals surface area contributed by atoms with Crippen LogP contribution in [0.2, 0.25) is 0 Å². The number of phenolic OH excluding ortho intramolecular Hbond substituents is 1. The molecule has 4 fully saturated rings. The lowest BCUT2D eigenvalue weighted by Crippen LogP contribution is -2.69. The molecule has 4 saturated carbocycles. The second-order valence-electron chi connectivity index (χ2n) is 21.4. The molecule has 13 unspecified atom stereocenters. The summed E-state index contributed by atoms with van der Waals surface area (Å²) in [6.07, 6.45) is 10.9. The fraction of sp³-hybridized carbons (Fsp3) is 0.784. The summed E-state index contributed by atoms with van der Waals surface area (Å²) >= 11 is 0. The van der Waals surface area contributed by atoms with E-state index in [2.05, 4.69) is 42.0 Å². The van der Waals surface area contributed by atoms with E-state index in [1.165, 1.54) is 0 Å². The third-order valence-electron chi connectivity index (χ3n) is 17.6. The highest BCUT2D eigenvalue weighted by Gasteiger charge is 2.66. The molecule has 0 heterocycles. The maximum absolute atomic E-state index is 13.3. The molecule has 0 spiro atoms. The van der Waals surface area contributed by atoms with Crippen LogP contribution in [0.3, 0.4) is 0 Å². The van der Waals surface area contributed by atoms with Crippen molar-refractivity contribution in [1.82, 2.24) is 21.3 Å². The molecule has 15 nitrogen and oxygen atoms in total. The van der Waals surface area contributed by atoms with Crippen LogP contribution in [0.25, 0.3) is 0 Å². The van der Waals surface area contributed by atoms with E-state index in [-0.39, 0.29) is 89.5 Å². The fourth-order valence-electron chi connectivity index (χ4n) is 13.6. The van der Waals surface area contributed by atoms with Gasteiger partial charge in [0, 0.05) is 24.5 Å². The van der Waals surface area contributed by atoms with E-state index >= 15 is 0 Å². The molecule has 16 atom stereocenters. The average Bonchev–Trinajstić information content (AvgIpc) is 3.63. The highest BCUT2D eigenvalue weighted by Crippen LogP contribution is 2.68. The second-order valence-corrected chi connectivity index (χ2v) is 21.4. The van der Waals surface area contributed by atoms with Gasteiger partial charge in [-0.2, -0.15) is 0 Å². The number of rotatable bonds is 26. The maximum Gasteiger partial charge on any atom is 0.326 e. The van der Waals surface area contributed by atoms with Crippen LogP contribution in [0.15, 0.2) is 24.3 Å². The molecule has 0 bridgehead atoms. The topological polar surface area (TPSA) is 261 Å². The van der Waals surface area contributed by atoms with Crippen LogP contribution in [0, 0.1) is 52.3 Å². The number of aromatic hydroxyl groups is 1. The molecular weight excluding hydrogens is 843 g/mol. The van der Waals surface area contributed by atoms with Gasteiger partial charge in [0.2, 0.25) is 5.91 Å². The van der Waals surface area contributed by atoms with Gasteiger partial charge in [0.15, 0.2) is 0 Å². The minimum absolute atomic E-state index is 0.0593. The van der Waals surface area contributed by atoms with Crippen LogP contribution >= 0.6 is 0 Å². The number of carbonyl (C=O) groups excluding carboxylic acids is 1. The number of unbranched alkanes of at least 4 members (excludes halogenated alkanes) is 2. The van der Waals surface area contributed by atoms with Crippen molar-refractivity contribution >= 4 is 29.8 Å². The van der Waals surface area contributed by atoms with Crippen LogP contribution in [-0.2, 0) is 30.4 Å². The summed E-state index contributed by atoms with van der Waals surface area (Å²) in [5.74, 6) is -3.47. The normalized spacial score (nSPS) is 32.0. The Bertz CT molecular complexity index is 1800. The summed E-state index contributed by atoms with van der Waals surface area (Å²) in [7, 11) is 0. The summed E-state index contributed by atoms with van der Waals surface area (Å²) < 4.78 is 0. The predicted molar refractivity (Wildman–Crippen MR) is 253 cm³/mol. The number of nitrogens with two attached hydrogens (primary N) is 1. The number of hydrogen-bond acceptors (Lipinski definition) is 10. The number of nitrogens with one attached hydrogen (secondary N) is 4. The number of benzene rings is 1. The molecule has 66 heavy (non-hydrogen) atoms. The number of amides is 1. The molecular formula is C51H83N5O10. The molecule has 4 aliphatic rings. The van der Waals surface area contributed by atoms with Gasteiger partial charge in [-0.1, -0.05) is 79.4 Å². The quantitative estimate of drug-likeness (QED) is 0.0451. The predicted octanol–water partition coefficient (Wildman–Crippen LogP) is 6.40. The Morgan fingerprint density at radius 1 is 0.758 bits per heavy atom. The first-order chi connectivity index (χ1) is 31.3. The van der Waals surface area contributed by atoms with E-state index in [0.717, 1.165) is 50.5 Å². The molecule has 372 valence electrons. The van der Waals surface area contributed by atoms with Crippen LogP contribution in [0.4, 0.5) is 0 Å². The lowest BCUT2D eigenvalue weighted by atomic mass is 9.42. The molecule has 11 N–H and O–H groups in total. The van der Waals surface area contributed by atoms with Gasteiger partial charge < -0.3 is 52.5 Å². The molecule has 0 aliphatic heterocycles. The van der Waals surface area contributed by atoms with Gasteiger partial charge in [-0.05, 0) is 154 Å². The molecule has 1 amide bonds. The van der Waals surface area contributed by atoms with E-state index in [1.54, 1.807) is 24.3 Å². The molecule has 5 rings (SSSR count). The Morgan fingerprint density at radius 2 is 1.42 bits per heavy atom. The Labute approximate surface area is 392 Å². The first kappa shape index (κ1) is 53.2. The van der Waals surface area contributed by atoms with E-state index < -0.39 is 53.5 Å². The van der Waals surface area contributed by atoms with Gasteiger partial charge in [-0.15, -0.1) is 0 Å². The van der Waals surface area contributed by atoms with Crippen molar-refractivity contribution in [2.24, 2.45) is 58.0 Å². The summed E-state index contributed by atoms with van der Waals surface area (Å²) in [4.78, 5) is 64.1. The first-order valence-corrected chi connectivity index (χ1v) is 25.2. The summed E-state index contributed by atoms with van der Waals surface area (Å²) in [6, 6.07) is 2.82.